The number of carbonyl (C=O) groups excluding carboxylic acids is 1. The maximum atomic E-state index is 12.4. The van der Waals surface area contributed by atoms with Crippen molar-refractivity contribution >= 4 is 68.8 Å². The predicted molar refractivity (Wildman–Crippen MR) is 103 cm³/mol. The fraction of sp³-hybridized carbons (Fsp3) is 0.0625. The number of hydrogen-bond acceptors (Lipinski definition) is 3. The molecular formula is C16H10I2O2S. The van der Waals surface area contributed by atoms with Crippen LogP contribution < -0.4 is 4.74 Å². The molecule has 0 N–H and O–H groups in total. The first-order valence-electron chi connectivity index (χ1n) is 6.16. The van der Waals surface area contributed by atoms with Crippen LogP contribution in [0.1, 0.15) is 15.9 Å². The molecule has 106 valence electrons. The average Bonchev–Trinajstić information content (AvgIpc) is 2.76. The van der Waals surface area contributed by atoms with Crippen molar-refractivity contribution in [1.82, 2.24) is 0 Å². The number of carbonyl (C=O) groups is 1. The van der Waals surface area contributed by atoms with Gasteiger partial charge in [0.25, 0.3) is 0 Å². The zero-order valence-electron chi connectivity index (χ0n) is 11.0. The second-order valence-electron chi connectivity index (χ2n) is 4.45. The molecule has 0 aromatic heterocycles. The summed E-state index contributed by atoms with van der Waals surface area (Å²) in [6, 6.07) is 11.8. The predicted octanol–water partition coefficient (Wildman–Crippen LogP) is 5.23. The van der Waals surface area contributed by atoms with E-state index in [1.54, 1.807) is 7.11 Å². The Morgan fingerprint density at radius 3 is 2.67 bits per heavy atom. The summed E-state index contributed by atoms with van der Waals surface area (Å²) in [4.78, 5) is 14.2. The van der Waals surface area contributed by atoms with Gasteiger partial charge < -0.3 is 4.74 Å². The largest absolute Gasteiger partial charge is 0.495 e. The quantitative estimate of drug-likeness (QED) is 0.401. The Bertz CT molecular complexity index is 769. The van der Waals surface area contributed by atoms with Gasteiger partial charge in [-0.2, -0.15) is 0 Å². The molecular weight excluding hydrogens is 510 g/mol. The molecule has 0 fully saturated rings. The lowest BCUT2D eigenvalue weighted by Crippen LogP contribution is -1.96. The molecule has 1 heterocycles. The summed E-state index contributed by atoms with van der Waals surface area (Å²) in [6.45, 7) is 0. The van der Waals surface area contributed by atoms with E-state index in [1.165, 1.54) is 11.8 Å². The lowest BCUT2D eigenvalue weighted by atomic mass is 10.1. The van der Waals surface area contributed by atoms with Crippen molar-refractivity contribution in [3.63, 3.8) is 0 Å². The molecule has 0 atom stereocenters. The molecule has 1 aliphatic heterocycles. The van der Waals surface area contributed by atoms with E-state index in [0.717, 1.165) is 33.8 Å². The number of halogens is 2. The normalized spacial score (nSPS) is 15.4. The van der Waals surface area contributed by atoms with Gasteiger partial charge in [0.2, 0.25) is 5.78 Å². The number of ether oxygens (including phenoxy) is 1. The molecule has 0 unspecified atom stereocenters. The number of thioether (sulfide) groups is 1. The summed E-state index contributed by atoms with van der Waals surface area (Å²) in [7, 11) is 1.66. The summed E-state index contributed by atoms with van der Waals surface area (Å²) in [5, 5.41) is 0. The van der Waals surface area contributed by atoms with Gasteiger partial charge in [0, 0.05) is 19.6 Å². The molecule has 0 bridgehead atoms. The van der Waals surface area contributed by atoms with Crippen molar-refractivity contribution in [2.75, 3.05) is 7.11 Å². The fourth-order valence-electron chi connectivity index (χ4n) is 2.18. The minimum atomic E-state index is 0.0894. The zero-order chi connectivity index (χ0) is 15.0. The molecule has 0 aliphatic carbocycles. The lowest BCUT2D eigenvalue weighted by molar-refractivity contribution is 0.104. The highest BCUT2D eigenvalue weighted by Gasteiger charge is 2.25. The Hall–Kier alpha value is -0.540. The number of hydrogen-bond donors (Lipinski definition) is 0. The average molecular weight is 520 g/mol. The van der Waals surface area contributed by atoms with Crippen LogP contribution in [0.15, 0.2) is 46.2 Å². The van der Waals surface area contributed by atoms with Crippen LogP contribution in [-0.4, -0.2) is 12.9 Å². The Balaban J connectivity index is 2.07. The van der Waals surface area contributed by atoms with E-state index in [9.17, 15) is 4.79 Å². The van der Waals surface area contributed by atoms with Crippen molar-refractivity contribution in [3.8, 4) is 5.75 Å². The third-order valence-electron chi connectivity index (χ3n) is 3.10. The summed E-state index contributed by atoms with van der Waals surface area (Å²) in [5.41, 5.74) is 1.73. The number of ketones is 1. The second-order valence-corrected chi connectivity index (χ2v) is 7.94. The summed E-state index contributed by atoms with van der Waals surface area (Å²) >= 11 is 6.05. The number of methoxy groups -OCH3 is 1. The van der Waals surface area contributed by atoms with Gasteiger partial charge >= 0.3 is 0 Å². The van der Waals surface area contributed by atoms with Gasteiger partial charge in [0.05, 0.1) is 15.6 Å². The maximum Gasteiger partial charge on any atom is 0.200 e. The minimum absolute atomic E-state index is 0.0894. The van der Waals surface area contributed by atoms with Crippen LogP contribution in [0.25, 0.3) is 6.08 Å². The SMILES string of the molecule is COc1c(I)cc(I)cc1C=C1Sc2ccccc2C1=O. The molecule has 1 aliphatic rings. The van der Waals surface area contributed by atoms with Crippen LogP contribution in [0, 0.1) is 7.14 Å². The monoisotopic (exact) mass is 520 g/mol. The zero-order valence-corrected chi connectivity index (χ0v) is 16.2. The Morgan fingerprint density at radius 1 is 1.19 bits per heavy atom. The van der Waals surface area contributed by atoms with E-state index in [-0.39, 0.29) is 5.78 Å². The fourth-order valence-corrected chi connectivity index (χ4v) is 5.33. The van der Waals surface area contributed by atoms with Crippen molar-refractivity contribution in [3.05, 3.63) is 59.6 Å². The minimum Gasteiger partial charge on any atom is -0.495 e. The van der Waals surface area contributed by atoms with Crippen LogP contribution >= 0.6 is 56.9 Å². The van der Waals surface area contributed by atoms with Crippen LogP contribution in [0.4, 0.5) is 0 Å². The first-order valence-corrected chi connectivity index (χ1v) is 9.14. The highest BCUT2D eigenvalue weighted by Crippen LogP contribution is 2.42. The second kappa shape index (κ2) is 6.29. The third-order valence-corrected chi connectivity index (χ3v) is 5.63. The number of allylic oxidation sites excluding steroid dienone is 1. The molecule has 0 amide bonds. The maximum absolute atomic E-state index is 12.4. The first kappa shape index (κ1) is 15.4. The van der Waals surface area contributed by atoms with E-state index in [4.69, 9.17) is 4.74 Å². The van der Waals surface area contributed by atoms with Crippen LogP contribution in [0.5, 0.6) is 5.75 Å². The highest BCUT2D eigenvalue weighted by molar-refractivity contribution is 14.1. The molecule has 0 saturated carbocycles. The van der Waals surface area contributed by atoms with Crippen molar-refractivity contribution < 1.29 is 9.53 Å². The van der Waals surface area contributed by atoms with Gasteiger partial charge in [0.15, 0.2) is 0 Å². The van der Waals surface area contributed by atoms with E-state index in [1.807, 2.05) is 36.4 Å². The Labute approximate surface area is 154 Å². The molecule has 21 heavy (non-hydrogen) atoms. The number of benzene rings is 2. The van der Waals surface area contributed by atoms with Crippen molar-refractivity contribution in [1.29, 1.82) is 0 Å². The van der Waals surface area contributed by atoms with E-state index in [2.05, 4.69) is 51.2 Å². The molecule has 3 rings (SSSR count). The van der Waals surface area contributed by atoms with Gasteiger partial charge in [-0.25, -0.2) is 0 Å². The summed E-state index contributed by atoms with van der Waals surface area (Å²) in [5.74, 6) is 0.902. The summed E-state index contributed by atoms with van der Waals surface area (Å²) in [6.07, 6.45) is 1.93. The number of fused-ring (bicyclic) bond motifs is 1. The van der Waals surface area contributed by atoms with Gasteiger partial charge in [-0.05, 0) is 75.5 Å². The molecule has 2 aromatic carbocycles. The number of Topliss-reactive ketones (excluding diaryl/α,β-unsaturated/α-hetero) is 1. The lowest BCUT2D eigenvalue weighted by Gasteiger charge is -2.09. The molecule has 2 aromatic rings. The summed E-state index contributed by atoms with van der Waals surface area (Å²) < 4.78 is 7.64. The van der Waals surface area contributed by atoms with Gasteiger partial charge in [0.1, 0.15) is 5.75 Å². The highest BCUT2D eigenvalue weighted by atomic mass is 127. The topological polar surface area (TPSA) is 26.3 Å². The van der Waals surface area contributed by atoms with Gasteiger partial charge in [-0.3, -0.25) is 4.79 Å². The number of rotatable bonds is 2. The van der Waals surface area contributed by atoms with E-state index >= 15 is 0 Å². The Morgan fingerprint density at radius 2 is 1.95 bits per heavy atom. The molecule has 0 saturated heterocycles. The van der Waals surface area contributed by atoms with Crippen LogP contribution in [0.2, 0.25) is 0 Å². The van der Waals surface area contributed by atoms with Crippen molar-refractivity contribution in [2.24, 2.45) is 0 Å². The molecule has 0 radical (unpaired) electrons. The third kappa shape index (κ3) is 3.00. The molecule has 5 heteroatoms. The van der Waals surface area contributed by atoms with Crippen molar-refractivity contribution in [2.45, 2.75) is 4.90 Å². The molecule has 0 spiro atoms. The molecule has 2 nitrogen and oxygen atoms in total. The Kier molecular flexibility index (Phi) is 4.60. The first-order chi connectivity index (χ1) is 10.1. The van der Waals surface area contributed by atoms with Crippen LogP contribution in [-0.2, 0) is 0 Å². The van der Waals surface area contributed by atoms with E-state index < -0.39 is 0 Å². The van der Waals surface area contributed by atoms with Gasteiger partial charge in [-0.1, -0.05) is 23.9 Å². The van der Waals surface area contributed by atoms with Gasteiger partial charge in [-0.15, -0.1) is 0 Å². The van der Waals surface area contributed by atoms with E-state index in [0.29, 0.717) is 0 Å². The standard InChI is InChI=1S/C16H10I2O2S/c1-20-16-9(6-10(17)8-12(16)18)7-14-15(19)11-4-2-3-5-13(11)21-14/h2-8H,1H3. The van der Waals surface area contributed by atoms with Crippen LogP contribution in [0.3, 0.4) is 0 Å². The smallest absolute Gasteiger partial charge is 0.200 e.